The van der Waals surface area contributed by atoms with E-state index >= 15 is 0 Å². The fourth-order valence-corrected chi connectivity index (χ4v) is 2.79. The molecule has 3 rings (SSSR count). The Hall–Kier alpha value is -2.01. The van der Waals surface area contributed by atoms with Gasteiger partial charge in [-0.2, -0.15) is 0 Å². The van der Waals surface area contributed by atoms with E-state index in [1.165, 1.54) is 0 Å². The third-order valence-corrected chi connectivity index (χ3v) is 3.93. The Morgan fingerprint density at radius 3 is 2.81 bits per heavy atom. The van der Waals surface area contributed by atoms with E-state index in [2.05, 4.69) is 45.3 Å². The van der Waals surface area contributed by atoms with Crippen molar-refractivity contribution >= 4 is 21.6 Å². The minimum atomic E-state index is -0.125. The predicted molar refractivity (Wildman–Crippen MR) is 86.3 cm³/mol. The summed E-state index contributed by atoms with van der Waals surface area (Å²) in [7, 11) is 1.98. The largest absolute Gasteiger partial charge is 0.467 e. The molecule has 108 valence electrons. The first-order valence-corrected chi connectivity index (χ1v) is 7.48. The highest BCUT2D eigenvalue weighted by Gasteiger charge is 2.21. The lowest BCUT2D eigenvalue weighted by molar-refractivity contribution is 0.488. The number of hydrogen-bond donors (Lipinski definition) is 1. The number of furan rings is 1. The molecule has 0 aliphatic carbocycles. The average Bonchev–Trinajstić information content (AvgIpc) is 3.10. The summed E-state index contributed by atoms with van der Waals surface area (Å²) in [6.45, 7) is 2.07. The van der Waals surface area contributed by atoms with Gasteiger partial charge in [-0.15, -0.1) is 0 Å². The number of nitrogens with one attached hydrogen (secondary N) is 1. The summed E-state index contributed by atoms with van der Waals surface area (Å²) in [5.41, 5.74) is 2.22. The summed E-state index contributed by atoms with van der Waals surface area (Å²) >= 11 is 3.49. The van der Waals surface area contributed by atoms with Crippen LogP contribution in [0.1, 0.15) is 23.2 Å². The van der Waals surface area contributed by atoms with Crippen LogP contribution < -0.4 is 5.32 Å². The molecule has 0 saturated heterocycles. The highest BCUT2D eigenvalue weighted by atomic mass is 79.9. The number of benzene rings is 1. The molecule has 1 atom stereocenters. The molecule has 4 nitrogen and oxygen atoms in total. The van der Waals surface area contributed by atoms with Gasteiger partial charge < -0.3 is 14.3 Å². The van der Waals surface area contributed by atoms with E-state index in [0.29, 0.717) is 0 Å². The molecule has 3 aromatic rings. The molecule has 21 heavy (non-hydrogen) atoms. The van der Waals surface area contributed by atoms with E-state index in [1.54, 1.807) is 12.5 Å². The normalized spacial score (nSPS) is 12.3. The van der Waals surface area contributed by atoms with Crippen molar-refractivity contribution in [2.24, 2.45) is 7.05 Å². The molecule has 1 aromatic carbocycles. The van der Waals surface area contributed by atoms with Crippen LogP contribution in [0.4, 0.5) is 5.69 Å². The van der Waals surface area contributed by atoms with Gasteiger partial charge in [-0.3, -0.25) is 0 Å². The second kappa shape index (κ2) is 5.77. The Bertz CT molecular complexity index is 734. The smallest absolute Gasteiger partial charge is 0.143 e. The molecule has 0 aliphatic heterocycles. The van der Waals surface area contributed by atoms with E-state index in [4.69, 9.17) is 4.42 Å². The molecule has 2 aromatic heterocycles. The topological polar surface area (TPSA) is 43.0 Å². The molecular formula is C16H16BrN3O. The van der Waals surface area contributed by atoms with Crippen LogP contribution in [-0.4, -0.2) is 9.55 Å². The van der Waals surface area contributed by atoms with Gasteiger partial charge in [0.1, 0.15) is 17.6 Å². The Morgan fingerprint density at radius 2 is 2.19 bits per heavy atom. The molecule has 1 N–H and O–H groups in total. The molecule has 2 heterocycles. The SMILES string of the molecule is Cc1cc(Br)ccc1NC(c1ccco1)c1nccn1C. The van der Waals surface area contributed by atoms with Crippen LogP contribution >= 0.6 is 15.9 Å². The van der Waals surface area contributed by atoms with Gasteiger partial charge in [0, 0.05) is 29.6 Å². The van der Waals surface area contributed by atoms with E-state index < -0.39 is 0 Å². The number of anilines is 1. The molecule has 0 radical (unpaired) electrons. The molecule has 0 saturated carbocycles. The number of aryl methyl sites for hydroxylation is 2. The van der Waals surface area contributed by atoms with Crippen molar-refractivity contribution in [1.82, 2.24) is 9.55 Å². The number of imidazole rings is 1. The van der Waals surface area contributed by atoms with E-state index in [1.807, 2.05) is 36.0 Å². The van der Waals surface area contributed by atoms with E-state index in [-0.39, 0.29) is 6.04 Å². The molecule has 0 fully saturated rings. The first-order chi connectivity index (χ1) is 10.1. The lowest BCUT2D eigenvalue weighted by Crippen LogP contribution is -2.16. The van der Waals surface area contributed by atoms with Gasteiger partial charge >= 0.3 is 0 Å². The maximum Gasteiger partial charge on any atom is 0.143 e. The lowest BCUT2D eigenvalue weighted by atomic mass is 10.1. The summed E-state index contributed by atoms with van der Waals surface area (Å²) in [5.74, 6) is 1.75. The number of nitrogens with zero attached hydrogens (tertiary/aromatic N) is 2. The molecular weight excluding hydrogens is 330 g/mol. The van der Waals surface area contributed by atoms with Crippen molar-refractivity contribution in [3.63, 3.8) is 0 Å². The quantitative estimate of drug-likeness (QED) is 0.767. The molecule has 0 bridgehead atoms. The second-order valence-corrected chi connectivity index (χ2v) is 5.86. The van der Waals surface area contributed by atoms with Gasteiger partial charge in [0.15, 0.2) is 0 Å². The third kappa shape index (κ3) is 2.88. The fraction of sp³-hybridized carbons (Fsp3) is 0.188. The first kappa shape index (κ1) is 13.9. The highest BCUT2D eigenvalue weighted by Crippen LogP contribution is 2.28. The van der Waals surface area contributed by atoms with Crippen LogP contribution in [0.15, 0.2) is 57.9 Å². The first-order valence-electron chi connectivity index (χ1n) is 6.68. The monoisotopic (exact) mass is 345 g/mol. The van der Waals surface area contributed by atoms with Crippen LogP contribution in [-0.2, 0) is 7.05 Å². The predicted octanol–water partition coefficient (Wildman–Crippen LogP) is 4.29. The third-order valence-electron chi connectivity index (χ3n) is 3.43. The summed E-state index contributed by atoms with van der Waals surface area (Å²) in [4.78, 5) is 4.45. The molecule has 0 aliphatic rings. The maximum absolute atomic E-state index is 5.59. The van der Waals surface area contributed by atoms with Gasteiger partial charge in [0.25, 0.3) is 0 Å². The van der Waals surface area contributed by atoms with Crippen LogP contribution in [0.5, 0.6) is 0 Å². The van der Waals surface area contributed by atoms with Crippen molar-refractivity contribution in [2.75, 3.05) is 5.32 Å². The van der Waals surface area contributed by atoms with Crippen LogP contribution in [0.25, 0.3) is 0 Å². The highest BCUT2D eigenvalue weighted by molar-refractivity contribution is 9.10. The molecule has 5 heteroatoms. The Kier molecular flexibility index (Phi) is 3.84. The van der Waals surface area contributed by atoms with Crippen molar-refractivity contribution < 1.29 is 4.42 Å². The summed E-state index contributed by atoms with van der Waals surface area (Å²) in [6.07, 6.45) is 5.41. The van der Waals surface area contributed by atoms with Gasteiger partial charge in [0.05, 0.1) is 6.26 Å². The van der Waals surface area contributed by atoms with Crippen LogP contribution in [0, 0.1) is 6.92 Å². The lowest BCUT2D eigenvalue weighted by Gasteiger charge is -2.19. The number of rotatable bonds is 4. The molecule has 0 spiro atoms. The van der Waals surface area contributed by atoms with Crippen molar-refractivity contribution in [3.8, 4) is 0 Å². The van der Waals surface area contributed by atoms with Gasteiger partial charge in [-0.1, -0.05) is 15.9 Å². The fourth-order valence-electron chi connectivity index (χ4n) is 2.32. The Balaban J connectivity index is 1.99. The van der Waals surface area contributed by atoms with E-state index in [9.17, 15) is 0 Å². The zero-order valence-corrected chi connectivity index (χ0v) is 13.5. The number of hydrogen-bond acceptors (Lipinski definition) is 3. The molecule has 1 unspecified atom stereocenters. The van der Waals surface area contributed by atoms with Crippen LogP contribution in [0.2, 0.25) is 0 Å². The number of halogens is 1. The Morgan fingerprint density at radius 1 is 1.33 bits per heavy atom. The minimum Gasteiger partial charge on any atom is -0.467 e. The van der Waals surface area contributed by atoms with Crippen LogP contribution in [0.3, 0.4) is 0 Å². The minimum absolute atomic E-state index is 0.125. The van der Waals surface area contributed by atoms with Crippen molar-refractivity contribution in [2.45, 2.75) is 13.0 Å². The van der Waals surface area contributed by atoms with Crippen molar-refractivity contribution in [3.05, 3.63) is 70.6 Å². The Labute approximate surface area is 131 Å². The van der Waals surface area contributed by atoms with Crippen molar-refractivity contribution in [1.29, 1.82) is 0 Å². The summed E-state index contributed by atoms with van der Waals surface area (Å²) < 4.78 is 8.65. The average molecular weight is 346 g/mol. The molecule has 0 amide bonds. The van der Waals surface area contributed by atoms with Gasteiger partial charge in [-0.25, -0.2) is 4.98 Å². The van der Waals surface area contributed by atoms with Gasteiger partial charge in [0.2, 0.25) is 0 Å². The zero-order chi connectivity index (χ0) is 14.8. The maximum atomic E-state index is 5.59. The summed E-state index contributed by atoms with van der Waals surface area (Å²) in [5, 5.41) is 3.52. The summed E-state index contributed by atoms with van der Waals surface area (Å²) in [6, 6.07) is 9.88. The van der Waals surface area contributed by atoms with E-state index in [0.717, 1.165) is 27.3 Å². The second-order valence-electron chi connectivity index (χ2n) is 4.95. The zero-order valence-electron chi connectivity index (χ0n) is 11.9. The standard InChI is InChI=1S/C16H16BrN3O/c1-11-10-12(17)5-6-13(11)19-15(14-4-3-9-21-14)16-18-7-8-20(16)2/h3-10,15,19H,1-2H3. The van der Waals surface area contributed by atoms with Gasteiger partial charge in [-0.05, 0) is 42.8 Å². The number of aromatic nitrogens is 2.